The van der Waals surface area contributed by atoms with Gasteiger partial charge in [-0.25, -0.2) is 8.78 Å². The second kappa shape index (κ2) is 5.69. The minimum Gasteiger partial charge on any atom is -0.492 e. The Morgan fingerprint density at radius 3 is 2.50 bits per heavy atom. The molecule has 0 aliphatic carbocycles. The minimum atomic E-state index is -2.49. The normalized spacial score (nSPS) is 11.9. The summed E-state index contributed by atoms with van der Waals surface area (Å²) in [4.78, 5) is 10.5. The van der Waals surface area contributed by atoms with Gasteiger partial charge in [-0.15, -0.1) is 0 Å². The van der Waals surface area contributed by atoms with Crippen molar-refractivity contribution in [2.75, 3.05) is 6.61 Å². The average Bonchev–Trinajstić information content (AvgIpc) is 1.97. The van der Waals surface area contributed by atoms with Crippen molar-refractivity contribution in [1.29, 1.82) is 0 Å². The van der Waals surface area contributed by atoms with Crippen LogP contribution in [-0.2, 0) is 9.53 Å². The summed E-state index contributed by atoms with van der Waals surface area (Å²) < 4.78 is 27.9. The fraction of sp³-hybridized carbons (Fsp3) is 0.625. The van der Waals surface area contributed by atoms with Gasteiger partial charge in [-0.1, -0.05) is 6.92 Å². The van der Waals surface area contributed by atoms with E-state index in [2.05, 4.69) is 4.74 Å². The molecule has 0 bridgehead atoms. The van der Waals surface area contributed by atoms with Crippen LogP contribution in [-0.4, -0.2) is 18.8 Å². The SMILES string of the molecule is CC/C(=C\C(C)=O)OCC(F)F. The summed E-state index contributed by atoms with van der Waals surface area (Å²) in [6, 6.07) is 0. The number of hydrogen-bond donors (Lipinski definition) is 0. The Hall–Kier alpha value is -0.930. The number of halogens is 2. The van der Waals surface area contributed by atoms with E-state index in [0.29, 0.717) is 12.2 Å². The molecule has 0 saturated carbocycles. The molecule has 0 radical (unpaired) electrons. The Morgan fingerprint density at radius 2 is 2.17 bits per heavy atom. The van der Waals surface area contributed by atoms with Crippen LogP contribution in [0.1, 0.15) is 20.3 Å². The zero-order valence-electron chi connectivity index (χ0n) is 7.14. The van der Waals surface area contributed by atoms with Crippen LogP contribution < -0.4 is 0 Å². The molecule has 0 saturated heterocycles. The fourth-order valence-electron chi connectivity index (χ4n) is 0.643. The van der Waals surface area contributed by atoms with Crippen LogP contribution >= 0.6 is 0 Å². The molecule has 0 unspecified atom stereocenters. The van der Waals surface area contributed by atoms with Gasteiger partial charge in [0.1, 0.15) is 6.61 Å². The second-order valence-corrected chi connectivity index (χ2v) is 2.28. The number of ketones is 1. The largest absolute Gasteiger partial charge is 0.492 e. The number of ether oxygens (including phenoxy) is 1. The van der Waals surface area contributed by atoms with Gasteiger partial charge in [-0.2, -0.15) is 0 Å². The maximum Gasteiger partial charge on any atom is 0.272 e. The van der Waals surface area contributed by atoms with E-state index < -0.39 is 13.0 Å². The Morgan fingerprint density at radius 1 is 1.58 bits per heavy atom. The highest BCUT2D eigenvalue weighted by Crippen LogP contribution is 2.05. The number of alkyl halides is 2. The van der Waals surface area contributed by atoms with E-state index in [1.54, 1.807) is 6.92 Å². The van der Waals surface area contributed by atoms with Crippen LogP contribution in [0.5, 0.6) is 0 Å². The molecule has 70 valence electrons. The summed E-state index contributed by atoms with van der Waals surface area (Å²) in [6.07, 6.45) is -0.818. The summed E-state index contributed by atoms with van der Waals surface area (Å²) in [5.41, 5.74) is 0. The predicted octanol–water partition coefficient (Wildman–Crippen LogP) is 2.15. The molecule has 0 amide bonds. The summed E-state index contributed by atoms with van der Waals surface area (Å²) in [6.45, 7) is 2.44. The van der Waals surface area contributed by atoms with Crippen molar-refractivity contribution in [3.05, 3.63) is 11.8 Å². The van der Waals surface area contributed by atoms with Crippen molar-refractivity contribution in [1.82, 2.24) is 0 Å². The van der Waals surface area contributed by atoms with Crippen molar-refractivity contribution in [2.45, 2.75) is 26.7 Å². The summed E-state index contributed by atoms with van der Waals surface area (Å²) >= 11 is 0. The number of carbonyl (C=O) groups is 1. The van der Waals surface area contributed by atoms with Gasteiger partial charge in [0.2, 0.25) is 0 Å². The lowest BCUT2D eigenvalue weighted by atomic mass is 10.3. The predicted molar refractivity (Wildman–Crippen MR) is 41.0 cm³/mol. The lowest BCUT2D eigenvalue weighted by molar-refractivity contribution is -0.112. The molecule has 0 aromatic carbocycles. The van der Waals surface area contributed by atoms with E-state index in [1.807, 2.05) is 0 Å². The number of carbonyl (C=O) groups excluding carboxylic acids is 1. The van der Waals surface area contributed by atoms with Crippen molar-refractivity contribution in [2.24, 2.45) is 0 Å². The Kier molecular flexibility index (Phi) is 5.25. The van der Waals surface area contributed by atoms with Gasteiger partial charge in [-0.3, -0.25) is 4.79 Å². The highest BCUT2D eigenvalue weighted by Gasteiger charge is 2.04. The average molecular weight is 178 g/mol. The Labute approximate surface area is 70.2 Å². The topological polar surface area (TPSA) is 26.3 Å². The van der Waals surface area contributed by atoms with Crippen molar-refractivity contribution in [3.8, 4) is 0 Å². The molecular formula is C8H12F2O2. The fourth-order valence-corrected chi connectivity index (χ4v) is 0.643. The van der Waals surface area contributed by atoms with Gasteiger partial charge >= 0.3 is 0 Å². The molecule has 0 atom stereocenters. The minimum absolute atomic E-state index is 0.193. The Balaban J connectivity index is 3.91. The molecule has 12 heavy (non-hydrogen) atoms. The van der Waals surface area contributed by atoms with E-state index in [1.165, 1.54) is 13.0 Å². The molecule has 0 rings (SSSR count). The van der Waals surface area contributed by atoms with Gasteiger partial charge in [0, 0.05) is 12.5 Å². The molecule has 0 aromatic heterocycles. The first kappa shape index (κ1) is 11.1. The lowest BCUT2D eigenvalue weighted by Gasteiger charge is -2.06. The molecule has 0 heterocycles. The zero-order valence-corrected chi connectivity index (χ0v) is 7.14. The summed E-state index contributed by atoms with van der Waals surface area (Å²) in [7, 11) is 0. The van der Waals surface area contributed by atoms with E-state index in [9.17, 15) is 13.6 Å². The number of rotatable bonds is 5. The molecule has 2 nitrogen and oxygen atoms in total. The monoisotopic (exact) mass is 178 g/mol. The summed E-state index contributed by atoms with van der Waals surface area (Å²) in [5, 5.41) is 0. The third kappa shape index (κ3) is 5.82. The Bertz CT molecular complexity index is 176. The smallest absolute Gasteiger partial charge is 0.272 e. The second-order valence-electron chi connectivity index (χ2n) is 2.28. The van der Waals surface area contributed by atoms with Gasteiger partial charge < -0.3 is 4.74 Å². The first-order valence-corrected chi connectivity index (χ1v) is 3.68. The molecule has 0 spiro atoms. The molecule has 0 aliphatic rings. The van der Waals surface area contributed by atoms with Crippen LogP contribution in [0.2, 0.25) is 0 Å². The highest BCUT2D eigenvalue weighted by molar-refractivity contribution is 5.87. The van der Waals surface area contributed by atoms with E-state index in [4.69, 9.17) is 0 Å². The van der Waals surface area contributed by atoms with Crippen LogP contribution in [0.4, 0.5) is 8.78 Å². The third-order valence-electron chi connectivity index (χ3n) is 1.11. The standard InChI is InChI=1S/C8H12F2O2/c1-3-7(4-6(2)11)12-5-8(9)10/h4,8H,3,5H2,1-2H3/b7-4+. The van der Waals surface area contributed by atoms with Crippen LogP contribution in [0.15, 0.2) is 11.8 Å². The van der Waals surface area contributed by atoms with Crippen LogP contribution in [0, 0.1) is 0 Å². The van der Waals surface area contributed by atoms with Crippen molar-refractivity contribution in [3.63, 3.8) is 0 Å². The van der Waals surface area contributed by atoms with E-state index in [0.717, 1.165) is 0 Å². The maximum atomic E-state index is 11.6. The lowest BCUT2D eigenvalue weighted by Crippen LogP contribution is -2.04. The van der Waals surface area contributed by atoms with Gasteiger partial charge in [0.25, 0.3) is 6.43 Å². The number of allylic oxidation sites excluding steroid dienone is 2. The molecule has 0 fully saturated rings. The molecule has 0 aromatic rings. The molecule has 0 aliphatic heterocycles. The van der Waals surface area contributed by atoms with Gasteiger partial charge in [0.15, 0.2) is 5.78 Å². The number of hydrogen-bond acceptors (Lipinski definition) is 2. The molecule has 0 N–H and O–H groups in total. The molecular weight excluding hydrogens is 166 g/mol. The third-order valence-corrected chi connectivity index (χ3v) is 1.11. The van der Waals surface area contributed by atoms with Gasteiger partial charge in [-0.05, 0) is 6.92 Å². The van der Waals surface area contributed by atoms with Crippen LogP contribution in [0.3, 0.4) is 0 Å². The first-order valence-electron chi connectivity index (χ1n) is 3.68. The van der Waals surface area contributed by atoms with Gasteiger partial charge in [0.05, 0.1) is 5.76 Å². The maximum absolute atomic E-state index is 11.6. The van der Waals surface area contributed by atoms with E-state index in [-0.39, 0.29) is 5.78 Å². The van der Waals surface area contributed by atoms with Crippen molar-refractivity contribution >= 4 is 5.78 Å². The first-order chi connectivity index (χ1) is 5.56. The van der Waals surface area contributed by atoms with E-state index >= 15 is 0 Å². The highest BCUT2D eigenvalue weighted by atomic mass is 19.3. The van der Waals surface area contributed by atoms with Crippen molar-refractivity contribution < 1.29 is 18.3 Å². The van der Waals surface area contributed by atoms with Crippen LogP contribution in [0.25, 0.3) is 0 Å². The summed E-state index contributed by atoms with van der Waals surface area (Å²) in [5.74, 6) is 0.115. The quantitative estimate of drug-likeness (QED) is 0.476. The zero-order chi connectivity index (χ0) is 9.56. The molecule has 4 heteroatoms.